The van der Waals surface area contributed by atoms with Gasteiger partial charge in [-0.15, -0.1) is 11.3 Å². The first-order valence-electron chi connectivity index (χ1n) is 10.9. The van der Waals surface area contributed by atoms with Crippen LogP contribution in [0.3, 0.4) is 0 Å². The van der Waals surface area contributed by atoms with Crippen LogP contribution in [0.1, 0.15) is 46.8 Å². The van der Waals surface area contributed by atoms with Gasteiger partial charge in [-0.3, -0.25) is 4.79 Å². The van der Waals surface area contributed by atoms with Gasteiger partial charge in [0.2, 0.25) is 0 Å². The van der Waals surface area contributed by atoms with Crippen molar-refractivity contribution in [1.29, 1.82) is 5.26 Å². The molecule has 0 aliphatic heterocycles. The van der Waals surface area contributed by atoms with Crippen LogP contribution in [-0.2, 0) is 22.4 Å². The summed E-state index contributed by atoms with van der Waals surface area (Å²) in [6, 6.07) is 15.0. The van der Waals surface area contributed by atoms with Gasteiger partial charge in [0.15, 0.2) is 0 Å². The van der Waals surface area contributed by atoms with Gasteiger partial charge in [-0.25, -0.2) is 4.79 Å². The molecule has 1 aliphatic rings. The van der Waals surface area contributed by atoms with Crippen LogP contribution >= 0.6 is 11.3 Å². The van der Waals surface area contributed by atoms with E-state index >= 15 is 0 Å². The highest BCUT2D eigenvalue weighted by molar-refractivity contribution is 7.17. The van der Waals surface area contributed by atoms with Crippen molar-refractivity contribution in [3.63, 3.8) is 0 Å². The highest BCUT2D eigenvalue weighted by atomic mass is 32.1. The fourth-order valence-electron chi connectivity index (χ4n) is 3.91. The van der Waals surface area contributed by atoms with E-state index in [-0.39, 0.29) is 12.2 Å². The molecule has 168 valence electrons. The van der Waals surface area contributed by atoms with E-state index in [0.29, 0.717) is 28.0 Å². The molecule has 0 radical (unpaired) electrons. The standard InChI is InChI=1S/C26H24N2O4S/c1-3-31-26(30)23-20-11-9-16(2)13-22(20)33-25(23)28-24(29)18(15-27)14-19-10-12-21(32-19)17-7-5-4-6-8-17/h4-8,10,12,14,16H,3,9,11,13H2,1-2H3,(H,28,29)/b18-14+. The van der Waals surface area contributed by atoms with Gasteiger partial charge in [-0.05, 0) is 49.8 Å². The SMILES string of the molecule is CCOC(=O)c1c(NC(=O)/C(C#N)=C/c2ccc(-c3ccccc3)o2)sc2c1CCC(C)C2. The van der Waals surface area contributed by atoms with Gasteiger partial charge < -0.3 is 14.5 Å². The lowest BCUT2D eigenvalue weighted by Gasteiger charge is -2.18. The molecule has 33 heavy (non-hydrogen) atoms. The summed E-state index contributed by atoms with van der Waals surface area (Å²) in [6.45, 7) is 4.17. The molecule has 3 aromatic rings. The van der Waals surface area contributed by atoms with Crippen molar-refractivity contribution in [3.8, 4) is 17.4 Å². The van der Waals surface area contributed by atoms with E-state index in [0.717, 1.165) is 35.3 Å². The summed E-state index contributed by atoms with van der Waals surface area (Å²) >= 11 is 1.39. The number of carbonyl (C=O) groups is 2. The normalized spacial score (nSPS) is 15.4. The third-order valence-electron chi connectivity index (χ3n) is 5.56. The molecule has 1 atom stereocenters. The van der Waals surface area contributed by atoms with Crippen LogP contribution in [0.2, 0.25) is 0 Å². The van der Waals surface area contributed by atoms with Crippen LogP contribution < -0.4 is 5.32 Å². The van der Waals surface area contributed by atoms with Crippen molar-refractivity contribution in [1.82, 2.24) is 0 Å². The Bertz CT molecular complexity index is 1250. The molecule has 7 heteroatoms. The van der Waals surface area contributed by atoms with E-state index in [1.54, 1.807) is 19.1 Å². The molecular weight excluding hydrogens is 436 g/mol. The first kappa shape index (κ1) is 22.6. The van der Waals surface area contributed by atoms with E-state index in [1.165, 1.54) is 17.4 Å². The third kappa shape index (κ3) is 4.91. The van der Waals surface area contributed by atoms with Crippen molar-refractivity contribution in [2.75, 3.05) is 11.9 Å². The highest BCUT2D eigenvalue weighted by Gasteiger charge is 2.29. The Labute approximate surface area is 196 Å². The Morgan fingerprint density at radius 2 is 2.06 bits per heavy atom. The second-order valence-electron chi connectivity index (χ2n) is 7.97. The summed E-state index contributed by atoms with van der Waals surface area (Å²) < 4.78 is 11.0. The number of carbonyl (C=O) groups excluding carboxylic acids is 2. The number of ether oxygens (including phenoxy) is 1. The minimum atomic E-state index is -0.590. The minimum absolute atomic E-state index is 0.112. The number of thiophene rings is 1. The van der Waals surface area contributed by atoms with Crippen molar-refractivity contribution < 1.29 is 18.7 Å². The summed E-state index contributed by atoms with van der Waals surface area (Å²) in [6.07, 6.45) is 4.01. The van der Waals surface area contributed by atoms with Gasteiger partial charge in [-0.1, -0.05) is 37.3 Å². The molecule has 0 spiro atoms. The summed E-state index contributed by atoms with van der Waals surface area (Å²) in [4.78, 5) is 26.7. The zero-order valence-electron chi connectivity index (χ0n) is 18.5. The number of benzene rings is 1. The lowest BCUT2D eigenvalue weighted by atomic mass is 9.88. The predicted octanol–water partition coefficient (Wildman–Crippen LogP) is 5.86. The predicted molar refractivity (Wildman–Crippen MR) is 128 cm³/mol. The smallest absolute Gasteiger partial charge is 0.341 e. The van der Waals surface area contributed by atoms with E-state index in [2.05, 4.69) is 12.2 Å². The van der Waals surface area contributed by atoms with Gasteiger partial charge >= 0.3 is 5.97 Å². The minimum Gasteiger partial charge on any atom is -0.462 e. The Morgan fingerprint density at radius 3 is 2.79 bits per heavy atom. The number of nitriles is 1. The molecule has 2 aromatic heterocycles. The van der Waals surface area contributed by atoms with E-state index < -0.39 is 11.9 Å². The molecule has 1 unspecified atom stereocenters. The van der Waals surface area contributed by atoms with Gasteiger partial charge in [0.25, 0.3) is 5.91 Å². The van der Waals surface area contributed by atoms with Gasteiger partial charge in [0, 0.05) is 16.5 Å². The summed E-state index contributed by atoms with van der Waals surface area (Å²) in [5, 5.41) is 12.8. The van der Waals surface area contributed by atoms with Crippen molar-refractivity contribution >= 4 is 34.3 Å². The molecule has 0 saturated heterocycles. The summed E-state index contributed by atoms with van der Waals surface area (Å²) in [5.41, 5.74) is 2.16. The largest absolute Gasteiger partial charge is 0.462 e. The van der Waals surface area contributed by atoms with Crippen LogP contribution in [0.5, 0.6) is 0 Å². The number of hydrogen-bond acceptors (Lipinski definition) is 6. The quantitative estimate of drug-likeness (QED) is 0.283. The maximum atomic E-state index is 12.9. The van der Waals surface area contributed by atoms with E-state index in [1.807, 2.05) is 36.4 Å². The molecule has 1 amide bonds. The number of anilines is 1. The molecule has 4 rings (SSSR count). The average Bonchev–Trinajstić information content (AvgIpc) is 3.42. The number of esters is 1. The Balaban J connectivity index is 1.60. The van der Waals surface area contributed by atoms with E-state index in [4.69, 9.17) is 9.15 Å². The van der Waals surface area contributed by atoms with Crippen molar-refractivity contribution in [2.45, 2.75) is 33.1 Å². The van der Waals surface area contributed by atoms with Gasteiger partial charge in [0.1, 0.15) is 28.2 Å². The molecule has 0 saturated carbocycles. The van der Waals surface area contributed by atoms with Crippen LogP contribution in [0.15, 0.2) is 52.5 Å². The number of furan rings is 1. The summed E-state index contributed by atoms with van der Waals surface area (Å²) in [5.74, 6) is 0.518. The first-order valence-corrected chi connectivity index (χ1v) is 11.7. The summed E-state index contributed by atoms with van der Waals surface area (Å²) in [7, 11) is 0. The highest BCUT2D eigenvalue weighted by Crippen LogP contribution is 2.40. The molecule has 1 aromatic carbocycles. The van der Waals surface area contributed by atoms with Crippen molar-refractivity contribution in [2.24, 2.45) is 5.92 Å². The maximum Gasteiger partial charge on any atom is 0.341 e. The Hall–Kier alpha value is -3.63. The van der Waals surface area contributed by atoms with Crippen molar-refractivity contribution in [3.05, 3.63) is 69.8 Å². The lowest BCUT2D eigenvalue weighted by Crippen LogP contribution is -2.17. The molecule has 2 heterocycles. The number of rotatable bonds is 6. The molecular formula is C26H24N2O4S. The fraction of sp³-hybridized carbons (Fsp3) is 0.269. The number of hydrogen-bond donors (Lipinski definition) is 1. The number of amides is 1. The third-order valence-corrected chi connectivity index (χ3v) is 6.72. The molecule has 1 aliphatic carbocycles. The van der Waals surface area contributed by atoms with Crippen LogP contribution in [-0.4, -0.2) is 18.5 Å². The zero-order valence-corrected chi connectivity index (χ0v) is 19.3. The van der Waals surface area contributed by atoms with Gasteiger partial charge in [0.05, 0.1) is 12.2 Å². The molecule has 0 bridgehead atoms. The van der Waals surface area contributed by atoms with Crippen LogP contribution in [0, 0.1) is 17.2 Å². The Kier molecular flexibility index (Phi) is 6.76. The lowest BCUT2D eigenvalue weighted by molar-refractivity contribution is -0.112. The van der Waals surface area contributed by atoms with E-state index in [9.17, 15) is 14.9 Å². The fourth-order valence-corrected chi connectivity index (χ4v) is 5.30. The average molecular weight is 461 g/mol. The number of fused-ring (bicyclic) bond motifs is 1. The molecule has 0 fully saturated rings. The first-order chi connectivity index (χ1) is 16.0. The second-order valence-corrected chi connectivity index (χ2v) is 9.07. The molecule has 1 N–H and O–H groups in total. The topological polar surface area (TPSA) is 92.3 Å². The van der Waals surface area contributed by atoms with Crippen LogP contribution in [0.25, 0.3) is 17.4 Å². The molecule has 6 nitrogen and oxygen atoms in total. The Morgan fingerprint density at radius 1 is 1.27 bits per heavy atom. The van der Waals surface area contributed by atoms with Crippen LogP contribution in [0.4, 0.5) is 5.00 Å². The number of nitrogens with one attached hydrogen (secondary N) is 1. The number of nitrogens with zero attached hydrogens (tertiary/aromatic N) is 1. The zero-order chi connectivity index (χ0) is 23.4. The van der Waals surface area contributed by atoms with Gasteiger partial charge in [-0.2, -0.15) is 5.26 Å². The second kappa shape index (κ2) is 9.88. The maximum absolute atomic E-state index is 12.9. The monoisotopic (exact) mass is 460 g/mol.